The molecule has 0 bridgehead atoms. The molecule has 4 heteroatoms. The van der Waals surface area contributed by atoms with Crippen LogP contribution in [0.4, 0.5) is 0 Å². The molecular weight excluding hydrogens is 605 g/mol. The molecular formula is H3InIrPtRh. The van der Waals surface area contributed by atoms with Gasteiger partial charge in [0.15, 0.2) is 0 Å². The van der Waals surface area contributed by atoms with Gasteiger partial charge >= 0.3 is 25.8 Å². The fourth-order valence-electron chi connectivity index (χ4n) is 0. The predicted molar refractivity (Wildman–Crippen MR) is 9.94 cm³/mol. The molecule has 0 saturated heterocycles. The van der Waals surface area contributed by atoms with Crippen LogP contribution in [0.1, 0.15) is 0 Å². The van der Waals surface area contributed by atoms with Crippen molar-refractivity contribution in [2.24, 2.45) is 0 Å². The molecule has 0 aromatic rings. The third kappa shape index (κ3) is 8.85. The topological polar surface area (TPSA) is 0 Å². The Balaban J connectivity index is 0. The van der Waals surface area contributed by atoms with Crippen LogP contribution in [0.5, 0.6) is 0 Å². The minimum absolute atomic E-state index is 0. The smallest absolute Gasteiger partial charge is 0 e. The van der Waals surface area contributed by atoms with Gasteiger partial charge in [0.2, 0.25) is 0 Å². The van der Waals surface area contributed by atoms with Gasteiger partial charge in [-0.2, -0.15) is 0 Å². The van der Waals surface area contributed by atoms with Crippen LogP contribution in [0.25, 0.3) is 0 Å². The van der Waals surface area contributed by atoms with Crippen LogP contribution in [0.2, 0.25) is 0 Å². The first-order valence-corrected chi connectivity index (χ1v) is 0. The molecule has 4 heavy (non-hydrogen) atoms. The van der Waals surface area contributed by atoms with E-state index in [0.29, 0.717) is 0 Å². The monoisotopic (exact) mass is 609 g/mol. The van der Waals surface area contributed by atoms with Crippen molar-refractivity contribution in [2.45, 2.75) is 0 Å². The van der Waals surface area contributed by atoms with Crippen LogP contribution >= 0.6 is 0 Å². The summed E-state index contributed by atoms with van der Waals surface area (Å²) >= 11 is 0. The second-order valence-corrected chi connectivity index (χ2v) is 0. The average Bonchev–Trinajstić information content (AvgIpc) is 0. The van der Waals surface area contributed by atoms with Gasteiger partial charge in [-0.1, -0.05) is 0 Å². The summed E-state index contributed by atoms with van der Waals surface area (Å²) in [6, 6.07) is 0. The molecule has 0 rings (SSSR count). The van der Waals surface area contributed by atoms with Crippen LogP contribution < -0.4 is 0 Å². The quantitative estimate of drug-likeness (QED) is 0.304. The standard InChI is InChI=1S/In.Ir.Pt.Rh.3H. The third-order valence-electron chi connectivity index (χ3n) is 0. The van der Waals surface area contributed by atoms with Gasteiger partial charge < -0.3 is 0 Å². The molecule has 0 aromatic carbocycles. The van der Waals surface area contributed by atoms with Crippen LogP contribution in [0.3, 0.4) is 0 Å². The van der Waals surface area contributed by atoms with Crippen molar-refractivity contribution in [2.75, 3.05) is 0 Å². The second-order valence-electron chi connectivity index (χ2n) is 0. The number of hydrogen-bond acceptors (Lipinski definition) is 0. The van der Waals surface area contributed by atoms with E-state index in [-0.39, 0.29) is 86.5 Å². The van der Waals surface area contributed by atoms with Crippen LogP contribution in [0, 0.1) is 0 Å². The van der Waals surface area contributed by atoms with E-state index in [9.17, 15) is 0 Å². The van der Waals surface area contributed by atoms with Crippen molar-refractivity contribution < 1.29 is 60.6 Å². The normalized spacial score (nSPS) is 0. The summed E-state index contributed by atoms with van der Waals surface area (Å²) in [5.41, 5.74) is 0. The van der Waals surface area contributed by atoms with Gasteiger partial charge in [-0.05, 0) is 0 Å². The number of hydrogen-bond donors (Lipinski definition) is 0. The second kappa shape index (κ2) is 17.0. The molecule has 0 aliphatic carbocycles. The molecule has 0 N–H and O–H groups in total. The molecule has 0 spiro atoms. The minimum atomic E-state index is 0. The van der Waals surface area contributed by atoms with Crippen LogP contribution in [-0.2, 0) is 60.6 Å². The predicted octanol–water partition coefficient (Wildman–Crippen LogP) is -1.19. The summed E-state index contributed by atoms with van der Waals surface area (Å²) in [5, 5.41) is 0. The Morgan fingerprint density at radius 3 is 1.00 bits per heavy atom. The molecule has 0 heterocycles. The van der Waals surface area contributed by atoms with E-state index < -0.39 is 0 Å². The molecule has 0 unspecified atom stereocenters. The molecule has 0 fully saturated rings. The Labute approximate surface area is 85.0 Å². The fourth-order valence-corrected chi connectivity index (χ4v) is 0. The van der Waals surface area contributed by atoms with E-state index >= 15 is 0 Å². The zero-order valence-corrected chi connectivity index (χ0v) is 7.29. The maximum Gasteiger partial charge on any atom is 0 e. The molecule has 34 valence electrons. The number of rotatable bonds is 0. The Bertz CT molecular complexity index is 8.00. The summed E-state index contributed by atoms with van der Waals surface area (Å²) < 4.78 is 0. The molecule has 0 aromatic heterocycles. The molecule has 0 nitrogen and oxygen atoms in total. The SMILES string of the molecule is [InH3].[Ir].[Pt].[Rh]. The molecule has 0 saturated carbocycles. The van der Waals surface area contributed by atoms with Gasteiger partial charge in [-0.25, -0.2) is 0 Å². The van der Waals surface area contributed by atoms with Crippen molar-refractivity contribution in [1.82, 2.24) is 0 Å². The molecule has 0 amide bonds. The van der Waals surface area contributed by atoms with Gasteiger partial charge in [0.05, 0.1) is 0 Å². The van der Waals surface area contributed by atoms with Gasteiger partial charge in [0.25, 0.3) is 0 Å². The van der Waals surface area contributed by atoms with Crippen molar-refractivity contribution in [3.63, 3.8) is 0 Å². The van der Waals surface area contributed by atoms with Gasteiger partial charge in [0.1, 0.15) is 0 Å². The minimum Gasteiger partial charge on any atom is 0 e. The fraction of sp³-hybridized carbons (Fsp3) is 0. The van der Waals surface area contributed by atoms with Crippen molar-refractivity contribution in [1.29, 1.82) is 0 Å². The average molecular weight is 608 g/mol. The van der Waals surface area contributed by atoms with Crippen molar-refractivity contribution in [3.05, 3.63) is 0 Å². The van der Waals surface area contributed by atoms with E-state index in [0.717, 1.165) is 0 Å². The summed E-state index contributed by atoms with van der Waals surface area (Å²) in [5.74, 6) is 0. The zero-order chi connectivity index (χ0) is 0. The van der Waals surface area contributed by atoms with Crippen molar-refractivity contribution >= 4 is 25.8 Å². The Morgan fingerprint density at radius 1 is 1.00 bits per heavy atom. The first-order valence-electron chi connectivity index (χ1n) is 0. The third-order valence-corrected chi connectivity index (χ3v) is 0. The van der Waals surface area contributed by atoms with E-state index in [2.05, 4.69) is 0 Å². The summed E-state index contributed by atoms with van der Waals surface area (Å²) in [6.45, 7) is 0. The van der Waals surface area contributed by atoms with Gasteiger partial charge in [-0.3, -0.25) is 0 Å². The van der Waals surface area contributed by atoms with E-state index in [1.54, 1.807) is 0 Å². The Morgan fingerprint density at radius 2 is 1.00 bits per heavy atom. The maximum atomic E-state index is 0. The first kappa shape index (κ1) is 29.0. The Hall–Kier alpha value is 2.83. The molecule has 2 radical (unpaired) electrons. The van der Waals surface area contributed by atoms with E-state index in [1.165, 1.54) is 0 Å². The van der Waals surface area contributed by atoms with E-state index in [4.69, 9.17) is 0 Å². The zero-order valence-electron chi connectivity index (χ0n) is 0.983. The maximum absolute atomic E-state index is 0. The van der Waals surface area contributed by atoms with Gasteiger partial charge in [-0.15, -0.1) is 0 Å². The molecule has 0 aliphatic rings. The Kier molecular flexibility index (Phi) is 123. The summed E-state index contributed by atoms with van der Waals surface area (Å²) in [6.07, 6.45) is 0. The van der Waals surface area contributed by atoms with Crippen LogP contribution in [0.15, 0.2) is 0 Å². The molecule has 0 atom stereocenters. The van der Waals surface area contributed by atoms with E-state index in [1.807, 2.05) is 0 Å². The summed E-state index contributed by atoms with van der Waals surface area (Å²) in [4.78, 5) is 0. The first-order chi connectivity index (χ1) is 0. The van der Waals surface area contributed by atoms with Crippen LogP contribution in [-0.4, -0.2) is 25.8 Å². The van der Waals surface area contributed by atoms with Crippen molar-refractivity contribution in [3.8, 4) is 0 Å². The van der Waals surface area contributed by atoms with Gasteiger partial charge in [0, 0.05) is 60.6 Å². The molecule has 0 aliphatic heterocycles. The summed E-state index contributed by atoms with van der Waals surface area (Å²) in [7, 11) is 0. The largest absolute Gasteiger partial charge is 0 e.